The van der Waals surface area contributed by atoms with Crippen LogP contribution in [0, 0.1) is 0 Å². The molecule has 9 heteroatoms. The van der Waals surface area contributed by atoms with Gasteiger partial charge in [-0.25, -0.2) is 4.98 Å². The monoisotopic (exact) mass is 435 g/mol. The highest BCUT2D eigenvalue weighted by atomic mass is 35.5. The van der Waals surface area contributed by atoms with E-state index in [0.29, 0.717) is 21.2 Å². The van der Waals surface area contributed by atoms with E-state index in [1.54, 1.807) is 34.2 Å². The lowest BCUT2D eigenvalue weighted by atomic mass is 10.1. The normalized spacial score (nSPS) is 11.7. The van der Waals surface area contributed by atoms with Crippen LogP contribution < -0.4 is 5.32 Å². The van der Waals surface area contributed by atoms with E-state index < -0.39 is 17.6 Å². The molecule has 4 nitrogen and oxygen atoms in total. The molecule has 0 spiro atoms. The number of nitrogens with zero attached hydrogens (tertiary/aromatic N) is 2. The molecule has 0 saturated heterocycles. The summed E-state index contributed by atoms with van der Waals surface area (Å²) >= 11 is 7.29. The molecule has 4 aromatic rings. The minimum absolute atomic E-state index is 0.152. The fourth-order valence-corrected chi connectivity index (χ4v) is 3.88. The summed E-state index contributed by atoms with van der Waals surface area (Å²) < 4.78 is 40.3. The molecule has 0 bridgehead atoms. The van der Waals surface area contributed by atoms with Gasteiger partial charge in [-0.05, 0) is 29.8 Å². The quantitative estimate of drug-likeness (QED) is 0.449. The molecule has 0 aliphatic heterocycles. The van der Waals surface area contributed by atoms with Crippen molar-refractivity contribution in [3.05, 3.63) is 82.0 Å². The van der Waals surface area contributed by atoms with Gasteiger partial charge in [-0.15, -0.1) is 11.3 Å². The summed E-state index contributed by atoms with van der Waals surface area (Å²) in [5, 5.41) is 5.15. The predicted molar refractivity (Wildman–Crippen MR) is 106 cm³/mol. The van der Waals surface area contributed by atoms with E-state index in [2.05, 4.69) is 10.3 Å². The SMILES string of the molecule is O=C(NCc1cccc(Cl)c1)c1nc2sccn2c1-c1ccc(C(F)(F)F)cc1. The zero-order valence-electron chi connectivity index (χ0n) is 14.7. The Hall–Kier alpha value is -2.84. The van der Waals surface area contributed by atoms with Crippen molar-refractivity contribution in [1.82, 2.24) is 14.7 Å². The Balaban J connectivity index is 1.67. The molecule has 0 aliphatic rings. The number of hydrogen-bond donors (Lipinski definition) is 1. The Bertz CT molecular complexity index is 1180. The molecular formula is C20H13ClF3N3OS. The number of aromatic nitrogens is 2. The second-order valence-corrected chi connectivity index (χ2v) is 7.56. The van der Waals surface area contributed by atoms with Crippen LogP contribution in [0.5, 0.6) is 0 Å². The van der Waals surface area contributed by atoms with Crippen LogP contribution in [0.1, 0.15) is 21.6 Å². The summed E-state index contributed by atoms with van der Waals surface area (Å²) in [5.41, 5.74) is 1.14. The Morgan fingerprint density at radius 1 is 1.17 bits per heavy atom. The Labute approximate surface area is 172 Å². The molecule has 0 atom stereocenters. The molecule has 1 N–H and O–H groups in total. The van der Waals surface area contributed by atoms with Gasteiger partial charge in [-0.2, -0.15) is 13.2 Å². The molecule has 1 amide bonds. The standard InChI is InChI=1S/C20H13ClF3N3OS/c21-15-3-1-2-12(10-15)11-25-18(28)16-17(27-8-9-29-19(27)26-16)13-4-6-14(7-5-13)20(22,23)24/h1-10H,11H2,(H,25,28). The second-order valence-electron chi connectivity index (χ2n) is 6.25. The van der Waals surface area contributed by atoms with Crippen molar-refractivity contribution >= 4 is 33.8 Å². The van der Waals surface area contributed by atoms with Crippen molar-refractivity contribution in [3.63, 3.8) is 0 Å². The predicted octanol–water partition coefficient (Wildman–Crippen LogP) is 5.67. The lowest BCUT2D eigenvalue weighted by Crippen LogP contribution is -2.23. The Kier molecular flexibility index (Phi) is 5.06. The average Bonchev–Trinajstić information content (AvgIpc) is 3.27. The first kappa shape index (κ1) is 19.5. The fourth-order valence-electron chi connectivity index (χ4n) is 2.95. The van der Waals surface area contributed by atoms with Gasteiger partial charge in [0.25, 0.3) is 5.91 Å². The van der Waals surface area contributed by atoms with Crippen LogP contribution >= 0.6 is 22.9 Å². The molecule has 0 unspecified atom stereocenters. The van der Waals surface area contributed by atoms with Gasteiger partial charge in [0.2, 0.25) is 0 Å². The van der Waals surface area contributed by atoms with Crippen molar-refractivity contribution in [2.75, 3.05) is 0 Å². The van der Waals surface area contributed by atoms with Crippen LogP contribution in [0.4, 0.5) is 13.2 Å². The highest BCUT2D eigenvalue weighted by Gasteiger charge is 2.30. The van der Waals surface area contributed by atoms with Gasteiger partial charge in [-0.1, -0.05) is 35.9 Å². The number of carbonyl (C=O) groups excluding carboxylic acids is 1. The summed E-state index contributed by atoms with van der Waals surface area (Å²) in [6.07, 6.45) is -2.70. The van der Waals surface area contributed by atoms with Gasteiger partial charge in [0.1, 0.15) is 0 Å². The number of imidazole rings is 1. The number of nitrogens with one attached hydrogen (secondary N) is 1. The maximum absolute atomic E-state index is 12.9. The topological polar surface area (TPSA) is 46.4 Å². The third-order valence-electron chi connectivity index (χ3n) is 4.30. The van der Waals surface area contributed by atoms with Crippen LogP contribution in [-0.4, -0.2) is 15.3 Å². The molecule has 2 aromatic carbocycles. The van der Waals surface area contributed by atoms with Crippen molar-refractivity contribution < 1.29 is 18.0 Å². The number of fused-ring (bicyclic) bond motifs is 1. The zero-order chi connectivity index (χ0) is 20.6. The second kappa shape index (κ2) is 7.53. The minimum atomic E-state index is -4.43. The van der Waals surface area contributed by atoms with Gasteiger partial charge in [0.05, 0.1) is 11.3 Å². The highest BCUT2D eigenvalue weighted by molar-refractivity contribution is 7.15. The maximum Gasteiger partial charge on any atom is 0.416 e. The van der Waals surface area contributed by atoms with Gasteiger partial charge < -0.3 is 5.32 Å². The van der Waals surface area contributed by atoms with E-state index in [4.69, 9.17) is 11.6 Å². The van der Waals surface area contributed by atoms with Gasteiger partial charge in [0, 0.05) is 28.7 Å². The van der Waals surface area contributed by atoms with E-state index in [0.717, 1.165) is 17.7 Å². The van der Waals surface area contributed by atoms with E-state index in [1.807, 2.05) is 6.07 Å². The molecule has 148 valence electrons. The third-order valence-corrected chi connectivity index (χ3v) is 5.30. The van der Waals surface area contributed by atoms with Gasteiger partial charge in [0.15, 0.2) is 10.7 Å². The third kappa shape index (κ3) is 3.99. The zero-order valence-corrected chi connectivity index (χ0v) is 16.3. The van der Waals surface area contributed by atoms with Crippen LogP contribution in [0.3, 0.4) is 0 Å². The molecular weight excluding hydrogens is 423 g/mol. The number of alkyl halides is 3. The first-order valence-corrected chi connectivity index (χ1v) is 9.74. The summed E-state index contributed by atoms with van der Waals surface area (Å²) in [5.74, 6) is -0.421. The first-order chi connectivity index (χ1) is 13.8. The summed E-state index contributed by atoms with van der Waals surface area (Å²) in [4.78, 5) is 17.7. The van der Waals surface area contributed by atoms with E-state index >= 15 is 0 Å². The summed E-state index contributed by atoms with van der Waals surface area (Å²) in [7, 11) is 0. The van der Waals surface area contributed by atoms with Crippen LogP contribution in [0.2, 0.25) is 5.02 Å². The molecule has 2 aromatic heterocycles. The lowest BCUT2D eigenvalue weighted by molar-refractivity contribution is -0.137. The molecule has 2 heterocycles. The van der Waals surface area contributed by atoms with Crippen LogP contribution in [-0.2, 0) is 12.7 Å². The smallest absolute Gasteiger partial charge is 0.347 e. The lowest BCUT2D eigenvalue weighted by Gasteiger charge is -2.09. The number of benzene rings is 2. The summed E-state index contributed by atoms with van der Waals surface area (Å²) in [6.45, 7) is 0.247. The van der Waals surface area contributed by atoms with E-state index in [-0.39, 0.29) is 12.2 Å². The minimum Gasteiger partial charge on any atom is -0.347 e. The van der Waals surface area contributed by atoms with E-state index in [9.17, 15) is 18.0 Å². The molecule has 4 rings (SSSR count). The molecule has 0 fully saturated rings. The van der Waals surface area contributed by atoms with Crippen LogP contribution in [0.15, 0.2) is 60.1 Å². The molecule has 0 saturated carbocycles. The molecule has 0 radical (unpaired) electrons. The number of halogens is 4. The van der Waals surface area contributed by atoms with Crippen molar-refractivity contribution in [1.29, 1.82) is 0 Å². The number of thiazole rings is 1. The first-order valence-electron chi connectivity index (χ1n) is 8.49. The average molecular weight is 436 g/mol. The van der Waals surface area contributed by atoms with Crippen molar-refractivity contribution in [2.45, 2.75) is 12.7 Å². The Morgan fingerprint density at radius 2 is 1.93 bits per heavy atom. The largest absolute Gasteiger partial charge is 0.416 e. The summed E-state index contributed by atoms with van der Waals surface area (Å²) in [6, 6.07) is 11.8. The van der Waals surface area contributed by atoms with Gasteiger partial charge >= 0.3 is 6.18 Å². The van der Waals surface area contributed by atoms with E-state index in [1.165, 1.54) is 23.5 Å². The number of hydrogen-bond acceptors (Lipinski definition) is 3. The van der Waals surface area contributed by atoms with Crippen molar-refractivity contribution in [3.8, 4) is 11.3 Å². The maximum atomic E-state index is 12.9. The molecule has 0 aliphatic carbocycles. The Morgan fingerprint density at radius 3 is 2.62 bits per heavy atom. The number of amides is 1. The highest BCUT2D eigenvalue weighted by Crippen LogP contribution is 2.33. The van der Waals surface area contributed by atoms with Crippen LogP contribution in [0.25, 0.3) is 16.2 Å². The number of carbonyl (C=O) groups is 1. The number of rotatable bonds is 4. The van der Waals surface area contributed by atoms with Crippen molar-refractivity contribution in [2.24, 2.45) is 0 Å². The van der Waals surface area contributed by atoms with Gasteiger partial charge in [-0.3, -0.25) is 9.20 Å². The fraction of sp³-hybridized carbons (Fsp3) is 0.100. The molecule has 29 heavy (non-hydrogen) atoms.